The summed E-state index contributed by atoms with van der Waals surface area (Å²) in [5, 5.41) is 0. The Morgan fingerprint density at radius 2 is 0.917 bits per heavy atom. The Morgan fingerprint density at radius 3 is 1.25 bits per heavy atom. The second kappa shape index (κ2) is 3.93. The van der Waals surface area contributed by atoms with Crippen molar-refractivity contribution >= 4 is 0 Å². The fourth-order valence-corrected chi connectivity index (χ4v) is 2.29. The van der Waals surface area contributed by atoms with Crippen LogP contribution in [0.2, 0.25) is 0 Å². The third kappa shape index (κ3) is 2.00. The fourth-order valence-electron chi connectivity index (χ4n) is 2.29. The van der Waals surface area contributed by atoms with Gasteiger partial charge in [0.15, 0.2) is 0 Å². The summed E-state index contributed by atoms with van der Waals surface area (Å²) in [7, 11) is 0. The largest absolute Gasteiger partial charge is 0.0882 e. The second-order valence-electron chi connectivity index (χ2n) is 4.20. The maximum atomic E-state index is 2.40. The van der Waals surface area contributed by atoms with Crippen molar-refractivity contribution in [2.45, 2.75) is 38.5 Å². The molecule has 0 fully saturated rings. The molecule has 66 valence electrons. The standard InChI is InChI=1S/C12H18/c1-2-6-12-8-4-3-7-11(5-1)9-10-12/h1-4,11-12H,5-10H2/b2-1-,4-3?. The summed E-state index contributed by atoms with van der Waals surface area (Å²) in [5.41, 5.74) is 0. The Morgan fingerprint density at radius 1 is 0.583 bits per heavy atom. The highest BCUT2D eigenvalue weighted by Gasteiger charge is 2.14. The molecule has 0 heteroatoms. The Kier molecular flexibility index (Phi) is 2.65. The first-order chi connectivity index (χ1) is 5.95. The highest BCUT2D eigenvalue weighted by Crippen LogP contribution is 2.29. The van der Waals surface area contributed by atoms with Crippen molar-refractivity contribution in [3.63, 3.8) is 0 Å². The molecule has 0 heterocycles. The van der Waals surface area contributed by atoms with E-state index in [-0.39, 0.29) is 0 Å². The molecule has 0 aromatic heterocycles. The molecule has 0 amide bonds. The van der Waals surface area contributed by atoms with Crippen LogP contribution in [0.25, 0.3) is 0 Å². The van der Waals surface area contributed by atoms with Gasteiger partial charge in [-0.05, 0) is 50.4 Å². The summed E-state index contributed by atoms with van der Waals surface area (Å²) in [5.74, 6) is 1.89. The van der Waals surface area contributed by atoms with Crippen LogP contribution in [0.15, 0.2) is 24.3 Å². The van der Waals surface area contributed by atoms with E-state index in [0.29, 0.717) is 0 Å². The average molecular weight is 162 g/mol. The summed E-state index contributed by atoms with van der Waals surface area (Å²) >= 11 is 0. The van der Waals surface area contributed by atoms with Gasteiger partial charge >= 0.3 is 0 Å². The van der Waals surface area contributed by atoms with Crippen molar-refractivity contribution in [3.8, 4) is 0 Å². The van der Waals surface area contributed by atoms with Gasteiger partial charge in [0, 0.05) is 0 Å². The highest BCUT2D eigenvalue weighted by molar-refractivity contribution is 4.96. The van der Waals surface area contributed by atoms with Gasteiger partial charge in [0.2, 0.25) is 0 Å². The van der Waals surface area contributed by atoms with E-state index in [1.165, 1.54) is 38.5 Å². The predicted octanol–water partition coefficient (Wildman–Crippen LogP) is 3.70. The minimum absolute atomic E-state index is 0.945. The molecule has 0 saturated heterocycles. The third-order valence-corrected chi connectivity index (χ3v) is 3.19. The molecule has 2 bridgehead atoms. The number of fused-ring (bicyclic) bond motifs is 3. The first kappa shape index (κ1) is 8.10. The molecule has 0 saturated carbocycles. The zero-order valence-corrected chi connectivity index (χ0v) is 7.71. The fraction of sp³-hybridized carbons (Fsp3) is 0.667. The van der Waals surface area contributed by atoms with Crippen LogP contribution >= 0.6 is 0 Å². The molecule has 2 unspecified atom stereocenters. The van der Waals surface area contributed by atoms with E-state index in [2.05, 4.69) is 24.3 Å². The lowest BCUT2D eigenvalue weighted by molar-refractivity contribution is 0.379. The van der Waals surface area contributed by atoms with E-state index in [1.807, 2.05) is 0 Å². The monoisotopic (exact) mass is 162 g/mol. The topological polar surface area (TPSA) is 0 Å². The zero-order valence-electron chi connectivity index (χ0n) is 7.71. The minimum atomic E-state index is 0.945. The van der Waals surface area contributed by atoms with Crippen molar-refractivity contribution < 1.29 is 0 Å². The number of allylic oxidation sites excluding steroid dienone is 4. The molecular weight excluding hydrogens is 144 g/mol. The van der Waals surface area contributed by atoms with Gasteiger partial charge in [0.1, 0.15) is 0 Å². The van der Waals surface area contributed by atoms with E-state index < -0.39 is 0 Å². The van der Waals surface area contributed by atoms with Gasteiger partial charge in [-0.3, -0.25) is 0 Å². The molecule has 0 N–H and O–H groups in total. The highest BCUT2D eigenvalue weighted by atomic mass is 14.2. The zero-order chi connectivity index (χ0) is 8.23. The van der Waals surface area contributed by atoms with Gasteiger partial charge in [-0.2, -0.15) is 0 Å². The van der Waals surface area contributed by atoms with Crippen molar-refractivity contribution in [3.05, 3.63) is 24.3 Å². The normalized spacial score (nSPS) is 38.0. The maximum Gasteiger partial charge on any atom is -0.0319 e. The van der Waals surface area contributed by atoms with Crippen molar-refractivity contribution in [1.29, 1.82) is 0 Å². The van der Waals surface area contributed by atoms with Crippen LogP contribution in [-0.2, 0) is 0 Å². The Balaban J connectivity index is 2.09. The lowest BCUT2D eigenvalue weighted by atomic mass is 9.83. The smallest absolute Gasteiger partial charge is 0.0319 e. The van der Waals surface area contributed by atoms with E-state index in [9.17, 15) is 0 Å². The summed E-state index contributed by atoms with van der Waals surface area (Å²) in [6, 6.07) is 0. The van der Waals surface area contributed by atoms with Crippen molar-refractivity contribution in [2.24, 2.45) is 11.8 Å². The molecule has 0 aliphatic heterocycles. The second-order valence-corrected chi connectivity index (χ2v) is 4.20. The summed E-state index contributed by atoms with van der Waals surface area (Å²) < 4.78 is 0. The maximum absolute atomic E-state index is 2.40. The van der Waals surface area contributed by atoms with Crippen LogP contribution in [0.3, 0.4) is 0 Å². The van der Waals surface area contributed by atoms with Gasteiger partial charge in [0.05, 0.1) is 0 Å². The third-order valence-electron chi connectivity index (χ3n) is 3.19. The summed E-state index contributed by atoms with van der Waals surface area (Å²) in [6.45, 7) is 0. The first-order valence-electron chi connectivity index (χ1n) is 5.25. The summed E-state index contributed by atoms with van der Waals surface area (Å²) in [6.07, 6.45) is 17.8. The molecule has 0 nitrogen and oxygen atoms in total. The Bertz CT molecular complexity index is 150. The molecule has 0 spiro atoms. The van der Waals surface area contributed by atoms with Gasteiger partial charge < -0.3 is 0 Å². The van der Waals surface area contributed by atoms with E-state index in [0.717, 1.165) is 11.8 Å². The van der Waals surface area contributed by atoms with Gasteiger partial charge in [-0.1, -0.05) is 24.3 Å². The van der Waals surface area contributed by atoms with Crippen LogP contribution in [0.4, 0.5) is 0 Å². The average Bonchev–Trinajstić information content (AvgIpc) is 2.03. The molecule has 2 rings (SSSR count). The van der Waals surface area contributed by atoms with E-state index >= 15 is 0 Å². The van der Waals surface area contributed by atoms with Gasteiger partial charge in [-0.15, -0.1) is 0 Å². The minimum Gasteiger partial charge on any atom is -0.0882 e. The lowest BCUT2D eigenvalue weighted by Gasteiger charge is -2.22. The van der Waals surface area contributed by atoms with Crippen LogP contribution in [0, 0.1) is 11.8 Å². The molecule has 2 aliphatic rings. The van der Waals surface area contributed by atoms with Crippen LogP contribution in [0.5, 0.6) is 0 Å². The van der Waals surface area contributed by atoms with E-state index in [1.54, 1.807) is 0 Å². The molecular formula is C12H18. The Hall–Kier alpha value is -0.520. The lowest BCUT2D eigenvalue weighted by Crippen LogP contribution is -2.08. The Labute approximate surface area is 75.4 Å². The molecule has 0 radical (unpaired) electrons. The van der Waals surface area contributed by atoms with E-state index in [4.69, 9.17) is 0 Å². The molecule has 0 aromatic carbocycles. The van der Waals surface area contributed by atoms with Gasteiger partial charge in [0.25, 0.3) is 0 Å². The molecule has 2 aliphatic carbocycles. The molecule has 0 aromatic rings. The van der Waals surface area contributed by atoms with Crippen LogP contribution in [0.1, 0.15) is 38.5 Å². The van der Waals surface area contributed by atoms with Gasteiger partial charge in [-0.25, -0.2) is 0 Å². The number of rotatable bonds is 0. The van der Waals surface area contributed by atoms with Crippen LogP contribution < -0.4 is 0 Å². The predicted molar refractivity (Wildman–Crippen MR) is 53.0 cm³/mol. The molecule has 2 atom stereocenters. The first-order valence-corrected chi connectivity index (χ1v) is 5.25. The van der Waals surface area contributed by atoms with Crippen molar-refractivity contribution in [1.82, 2.24) is 0 Å². The summed E-state index contributed by atoms with van der Waals surface area (Å²) in [4.78, 5) is 0. The van der Waals surface area contributed by atoms with Crippen LogP contribution in [-0.4, -0.2) is 0 Å². The number of hydrogen-bond donors (Lipinski definition) is 0. The van der Waals surface area contributed by atoms with Crippen molar-refractivity contribution in [2.75, 3.05) is 0 Å². The quantitative estimate of drug-likeness (QED) is 0.476. The SMILES string of the molecule is C1=CCC2C/C=C\CC(C1)CC2. The number of hydrogen-bond acceptors (Lipinski definition) is 0. The molecule has 12 heavy (non-hydrogen) atoms.